The minimum absolute atomic E-state index is 0.0498. The van der Waals surface area contributed by atoms with Crippen molar-refractivity contribution in [1.29, 1.82) is 0 Å². The van der Waals surface area contributed by atoms with Crippen molar-refractivity contribution >= 4 is 11.9 Å². The van der Waals surface area contributed by atoms with Crippen LogP contribution in [0, 0.1) is 0 Å². The lowest BCUT2D eigenvalue weighted by atomic mass is 11.3. The summed E-state index contributed by atoms with van der Waals surface area (Å²) >= 11 is 0. The summed E-state index contributed by atoms with van der Waals surface area (Å²) in [7, 11) is 1.23. The van der Waals surface area contributed by atoms with Crippen molar-refractivity contribution in [3.05, 3.63) is 0 Å². The van der Waals surface area contributed by atoms with Gasteiger partial charge in [-0.3, -0.25) is 9.59 Å². The number of carboxylic acids is 1. The molecule has 1 N–H and O–H groups in total. The monoisotopic (exact) mass is 136 g/mol. The van der Waals surface area contributed by atoms with Gasteiger partial charge in [0.2, 0.25) is 0 Å². The van der Waals surface area contributed by atoms with E-state index in [2.05, 4.69) is 4.74 Å². The zero-order chi connectivity index (χ0) is 7.28. The maximum absolute atomic E-state index is 10.2. The molecule has 0 rings (SSSR count). The van der Waals surface area contributed by atoms with Gasteiger partial charge in [0.25, 0.3) is 0 Å². The normalized spacial score (nSPS) is 8.56. The van der Waals surface area contributed by atoms with Gasteiger partial charge in [-0.25, -0.2) is 0 Å². The average molecular weight is 136 g/mol. The van der Waals surface area contributed by atoms with E-state index in [1.165, 1.54) is 7.11 Å². The predicted octanol–water partition coefficient (Wildman–Crippen LogP) is 0.0242. The molecule has 0 unspecified atom stereocenters. The molecule has 0 fully saturated rings. The molecule has 0 aromatic carbocycles. The molecule has 0 saturated heterocycles. The number of aliphatic carboxylic acids is 1. The van der Waals surface area contributed by atoms with Crippen molar-refractivity contribution in [1.82, 2.24) is 0 Å². The van der Waals surface area contributed by atoms with Crippen molar-refractivity contribution in [2.75, 3.05) is 7.11 Å². The Kier molecular flexibility index (Phi) is 3.43. The fourth-order valence-electron chi connectivity index (χ4n) is 0.311. The van der Waals surface area contributed by atoms with Crippen molar-refractivity contribution in [3.63, 3.8) is 0 Å². The third kappa shape index (κ3) is 4.80. The van der Waals surface area contributed by atoms with E-state index in [9.17, 15) is 9.59 Å². The van der Waals surface area contributed by atoms with E-state index in [-0.39, 0.29) is 12.8 Å². The molecule has 0 saturated carbocycles. The zero-order valence-electron chi connectivity index (χ0n) is 5.09. The molecule has 4 heteroatoms. The van der Waals surface area contributed by atoms with E-state index in [1.807, 2.05) is 0 Å². The first-order valence-corrected chi connectivity index (χ1v) is 2.45. The maximum Gasteiger partial charge on any atom is 0.306 e. The van der Waals surface area contributed by atoms with Crippen LogP contribution in [0.2, 0.25) is 0 Å². The van der Waals surface area contributed by atoms with Crippen LogP contribution in [-0.4, -0.2) is 24.2 Å². The van der Waals surface area contributed by atoms with Crippen LogP contribution in [0.1, 0.15) is 12.8 Å². The third-order valence-electron chi connectivity index (χ3n) is 0.771. The second-order valence-corrected chi connectivity index (χ2v) is 1.47. The highest BCUT2D eigenvalue weighted by Gasteiger charge is 2.02. The Balaban J connectivity index is 3.28. The average Bonchev–Trinajstić information content (AvgIpc) is 1.83. The number of hydrogen-bond donors (Lipinski definition) is 1. The van der Waals surface area contributed by atoms with Crippen LogP contribution in [0.25, 0.3) is 0 Å². The van der Waals surface area contributed by atoms with Gasteiger partial charge in [-0.1, -0.05) is 0 Å². The van der Waals surface area contributed by atoms with Crippen molar-refractivity contribution in [3.8, 4) is 0 Å². The van der Waals surface area contributed by atoms with Crippen molar-refractivity contribution < 1.29 is 19.4 Å². The number of rotatable bonds is 3. The highest BCUT2D eigenvalue weighted by Crippen LogP contribution is 1.89. The fraction of sp³-hybridized carbons (Fsp3) is 0.600. The SMILES string of the molecule is CO[13C](=O)[13CH2][13CH2][13C](=O)O. The lowest BCUT2D eigenvalue weighted by Gasteiger charge is -1.92. The molecular weight excluding hydrogens is 128 g/mol. The first-order valence-electron chi connectivity index (χ1n) is 2.45. The molecule has 4 nitrogen and oxygen atoms in total. The van der Waals surface area contributed by atoms with Crippen LogP contribution in [0.5, 0.6) is 0 Å². The number of ether oxygens (including phenoxy) is 1. The summed E-state index contributed by atoms with van der Waals surface area (Å²) in [5, 5.41) is 8.05. The van der Waals surface area contributed by atoms with Crippen LogP contribution >= 0.6 is 0 Å². The molecule has 9 heavy (non-hydrogen) atoms. The molecule has 0 heterocycles. The number of carbonyl (C=O) groups is 2. The van der Waals surface area contributed by atoms with Crippen molar-refractivity contribution in [2.24, 2.45) is 0 Å². The standard InChI is InChI=1S/C5H8O4/c1-9-5(8)3-2-4(6)7/h2-3H2,1H3,(H,6,7)/i2+1,3+1,4+1,5+1. The molecule has 0 radical (unpaired) electrons. The quantitative estimate of drug-likeness (QED) is 0.439. The van der Waals surface area contributed by atoms with Crippen LogP contribution in [0.3, 0.4) is 0 Å². The lowest BCUT2D eigenvalue weighted by Crippen LogP contribution is -2.04. The van der Waals surface area contributed by atoms with Gasteiger partial charge >= 0.3 is 11.9 Å². The van der Waals surface area contributed by atoms with Crippen LogP contribution < -0.4 is 0 Å². The number of hydrogen-bond acceptors (Lipinski definition) is 3. The smallest absolute Gasteiger partial charge is 0.306 e. The van der Waals surface area contributed by atoms with E-state index < -0.39 is 11.9 Å². The van der Waals surface area contributed by atoms with Gasteiger partial charge < -0.3 is 9.84 Å². The van der Waals surface area contributed by atoms with E-state index in [0.29, 0.717) is 0 Å². The molecule has 0 aromatic rings. The zero-order valence-corrected chi connectivity index (χ0v) is 5.09. The minimum atomic E-state index is -0.986. The Labute approximate surface area is 52.4 Å². The Morgan fingerprint density at radius 2 is 2.00 bits per heavy atom. The van der Waals surface area contributed by atoms with E-state index in [1.54, 1.807) is 0 Å². The van der Waals surface area contributed by atoms with E-state index in [0.717, 1.165) is 0 Å². The molecule has 0 aliphatic rings. The molecule has 0 bridgehead atoms. The summed E-state index contributed by atoms with van der Waals surface area (Å²) in [4.78, 5) is 20.0. The third-order valence-corrected chi connectivity index (χ3v) is 0.771. The Morgan fingerprint density at radius 3 is 2.33 bits per heavy atom. The van der Waals surface area contributed by atoms with Gasteiger partial charge in [0.15, 0.2) is 0 Å². The number of carboxylic acid groups (broad SMARTS) is 1. The molecule has 52 valence electrons. The summed E-state index contributed by atoms with van der Waals surface area (Å²) < 4.78 is 4.20. The summed E-state index contributed by atoms with van der Waals surface area (Å²) in [5.41, 5.74) is 0. The second-order valence-electron chi connectivity index (χ2n) is 1.47. The summed E-state index contributed by atoms with van der Waals surface area (Å²) in [5.74, 6) is -1.47. The summed E-state index contributed by atoms with van der Waals surface area (Å²) in [6.45, 7) is 0. The number of methoxy groups -OCH3 is 1. The molecule has 0 spiro atoms. The Morgan fingerprint density at radius 1 is 1.44 bits per heavy atom. The highest BCUT2D eigenvalue weighted by atomic mass is 16.6. The lowest BCUT2D eigenvalue weighted by molar-refractivity contribution is -0.145. The second kappa shape index (κ2) is 3.88. The molecule has 0 atom stereocenters. The Bertz CT molecular complexity index is 118. The highest BCUT2D eigenvalue weighted by molar-refractivity contribution is 5.76. The summed E-state index contributed by atoms with van der Waals surface area (Å²) in [6, 6.07) is 0. The van der Waals surface area contributed by atoms with E-state index in [4.69, 9.17) is 5.11 Å². The van der Waals surface area contributed by atoms with Gasteiger partial charge in [-0.05, 0) is 0 Å². The van der Waals surface area contributed by atoms with Crippen molar-refractivity contribution in [2.45, 2.75) is 12.8 Å². The molecule has 0 amide bonds. The topological polar surface area (TPSA) is 63.6 Å². The molecular formula is C5H8O4. The first-order chi connectivity index (χ1) is 4.16. The van der Waals surface area contributed by atoms with Crippen LogP contribution in [0.4, 0.5) is 0 Å². The van der Waals surface area contributed by atoms with Gasteiger partial charge in [-0.2, -0.15) is 0 Å². The molecule has 0 aliphatic heterocycles. The first kappa shape index (κ1) is 7.94. The Hall–Kier alpha value is -1.06. The van der Waals surface area contributed by atoms with Gasteiger partial charge in [0.1, 0.15) is 0 Å². The fourth-order valence-corrected chi connectivity index (χ4v) is 0.311. The minimum Gasteiger partial charge on any atom is -0.481 e. The number of esters is 1. The van der Waals surface area contributed by atoms with Gasteiger partial charge in [0.05, 0.1) is 20.0 Å². The molecule has 0 aromatic heterocycles. The largest absolute Gasteiger partial charge is 0.481 e. The summed E-state index contributed by atoms with van der Waals surface area (Å²) in [6.07, 6.45) is -0.210. The van der Waals surface area contributed by atoms with Crippen LogP contribution in [-0.2, 0) is 14.3 Å². The molecule has 0 aliphatic carbocycles. The van der Waals surface area contributed by atoms with Gasteiger partial charge in [-0.15, -0.1) is 0 Å². The number of carbonyl (C=O) groups excluding carboxylic acids is 1. The van der Waals surface area contributed by atoms with E-state index >= 15 is 0 Å². The predicted molar refractivity (Wildman–Crippen MR) is 28.9 cm³/mol. The maximum atomic E-state index is 10.2. The van der Waals surface area contributed by atoms with Crippen LogP contribution in [0.15, 0.2) is 0 Å². The van der Waals surface area contributed by atoms with Gasteiger partial charge in [0, 0.05) is 0 Å².